The highest BCUT2D eigenvalue weighted by molar-refractivity contribution is 8.00. The molecule has 2 aliphatic carbocycles. The first-order valence-corrected chi connectivity index (χ1v) is 15.3. The Hall–Kier alpha value is -2.84. The van der Waals surface area contributed by atoms with Gasteiger partial charge in [0.2, 0.25) is 11.8 Å². The molecule has 3 heterocycles. The van der Waals surface area contributed by atoms with E-state index in [0.717, 1.165) is 35.0 Å². The average molecular weight is 546 g/mol. The van der Waals surface area contributed by atoms with Crippen molar-refractivity contribution in [3.63, 3.8) is 0 Å². The lowest BCUT2D eigenvalue weighted by atomic mass is 9.68. The number of thiazole rings is 1. The van der Waals surface area contributed by atoms with Gasteiger partial charge in [0.25, 0.3) is 0 Å². The van der Waals surface area contributed by atoms with E-state index in [1.165, 1.54) is 27.5 Å². The summed E-state index contributed by atoms with van der Waals surface area (Å²) in [6, 6.07) is 16.5. The predicted molar refractivity (Wildman–Crippen MR) is 152 cm³/mol. The number of aromatic nitrogens is 1. The van der Waals surface area contributed by atoms with Crippen LogP contribution in [-0.2, 0) is 9.59 Å². The molecule has 196 valence electrons. The fraction of sp³-hybridized carbons (Fsp3) is 0.433. The summed E-state index contributed by atoms with van der Waals surface area (Å²) < 4.78 is 0. The van der Waals surface area contributed by atoms with Gasteiger partial charge in [-0.15, -0.1) is 11.8 Å². The molecule has 0 radical (unpaired) electrons. The molecule has 3 fully saturated rings. The topological polar surface area (TPSA) is 73.5 Å². The fourth-order valence-corrected chi connectivity index (χ4v) is 10.7. The van der Waals surface area contributed by atoms with Gasteiger partial charge in [-0.1, -0.05) is 41.2 Å². The maximum atomic E-state index is 13.9. The third-order valence-corrected chi connectivity index (χ3v) is 12.0. The second-order valence-corrected chi connectivity index (χ2v) is 13.3. The lowest BCUT2D eigenvalue weighted by Crippen LogP contribution is -2.42. The Morgan fingerprint density at radius 3 is 2.24 bits per heavy atom. The molecule has 3 aromatic rings. The van der Waals surface area contributed by atoms with Crippen molar-refractivity contribution >= 4 is 46.3 Å². The van der Waals surface area contributed by atoms with Gasteiger partial charge in [-0.25, -0.2) is 0 Å². The smallest absolute Gasteiger partial charge is 0.305 e. The number of hydrogen-bond donors (Lipinski definition) is 1. The van der Waals surface area contributed by atoms with Gasteiger partial charge in [-0.05, 0) is 74.8 Å². The largest absolute Gasteiger partial charge is 0.372 e. The van der Waals surface area contributed by atoms with Gasteiger partial charge >= 0.3 is 4.87 Å². The number of nitrogens with one attached hydrogen (secondary N) is 1. The molecule has 0 spiro atoms. The normalized spacial score (nSPS) is 30.9. The lowest BCUT2D eigenvalue weighted by molar-refractivity contribution is -0.123. The van der Waals surface area contributed by atoms with Crippen LogP contribution in [0.15, 0.2) is 58.4 Å². The monoisotopic (exact) mass is 545 g/mol. The summed E-state index contributed by atoms with van der Waals surface area (Å²) >= 11 is 3.05. The third-order valence-electron chi connectivity index (χ3n) is 9.40. The zero-order valence-corrected chi connectivity index (χ0v) is 23.4. The van der Waals surface area contributed by atoms with Crippen LogP contribution in [0.1, 0.15) is 42.2 Å². The molecule has 8 heteroatoms. The zero-order valence-electron chi connectivity index (χ0n) is 21.7. The number of thioether (sulfide) groups is 1. The fourth-order valence-electron chi connectivity index (χ4n) is 7.82. The number of hydrogen-bond acceptors (Lipinski definition) is 6. The van der Waals surface area contributed by atoms with Crippen molar-refractivity contribution in [1.29, 1.82) is 0 Å². The summed E-state index contributed by atoms with van der Waals surface area (Å²) in [5.41, 5.74) is 4.18. The molecule has 1 aromatic heterocycles. The minimum absolute atomic E-state index is 0.0301. The van der Waals surface area contributed by atoms with Crippen LogP contribution in [0.3, 0.4) is 0 Å². The quantitative estimate of drug-likeness (QED) is 0.443. The Labute approximate surface area is 230 Å². The van der Waals surface area contributed by atoms with Crippen molar-refractivity contribution in [3.05, 3.63) is 74.2 Å². The molecule has 7 rings (SSSR count). The van der Waals surface area contributed by atoms with Gasteiger partial charge in [-0.2, -0.15) is 0 Å². The molecule has 38 heavy (non-hydrogen) atoms. The van der Waals surface area contributed by atoms with E-state index in [4.69, 9.17) is 0 Å². The van der Waals surface area contributed by atoms with Crippen LogP contribution >= 0.6 is 23.1 Å². The highest BCUT2D eigenvalue weighted by atomic mass is 32.2. The number of rotatable bonds is 5. The van der Waals surface area contributed by atoms with Crippen molar-refractivity contribution in [1.82, 2.24) is 4.98 Å². The van der Waals surface area contributed by atoms with Crippen LogP contribution < -0.4 is 14.7 Å². The van der Waals surface area contributed by atoms with E-state index < -0.39 is 0 Å². The Morgan fingerprint density at radius 2 is 1.58 bits per heavy atom. The van der Waals surface area contributed by atoms with Gasteiger partial charge in [-0.3, -0.25) is 19.3 Å². The number of amides is 2. The number of anilines is 2. The average Bonchev–Trinajstić information content (AvgIpc) is 3.65. The van der Waals surface area contributed by atoms with Crippen LogP contribution in [0, 0.1) is 36.5 Å². The number of carbonyl (C=O) groups excluding carboxylic acids is 2. The summed E-state index contributed by atoms with van der Waals surface area (Å²) in [6.07, 6.45) is 0.907. The predicted octanol–water partition coefficient (Wildman–Crippen LogP) is 5.27. The SMILES string of the molecule is CCN(CC)c1ccc([C@H]2c3sc(=O)[nH]c3SC3C4CC(C5C(=O)N(c6ccc(C)cc6)C(=O)C45)C32)cc1. The van der Waals surface area contributed by atoms with Crippen LogP contribution in [-0.4, -0.2) is 35.1 Å². The standard InChI is InChI=1S/C30H31N3O3S2/c1-4-32(5-2)17-12-8-16(9-13-17)21-22-19-14-20(25(22)37-27-26(21)38-30(36)31-27)24-23(19)28(34)33(29(24)35)18-10-6-15(3)7-11-18/h6-13,19-25H,4-5,14H2,1-3H3,(H,31,36)/t19?,20?,21-,22?,23?,24?,25?/m1/s1. The third kappa shape index (κ3) is 3.35. The maximum Gasteiger partial charge on any atom is 0.305 e. The second kappa shape index (κ2) is 8.85. The summed E-state index contributed by atoms with van der Waals surface area (Å²) in [5, 5.41) is 1.16. The van der Waals surface area contributed by atoms with Crippen molar-refractivity contribution in [2.45, 2.75) is 43.4 Å². The lowest BCUT2D eigenvalue weighted by Gasteiger charge is -2.43. The Bertz CT molecular complexity index is 1470. The molecule has 6 nitrogen and oxygen atoms in total. The molecular formula is C30H31N3O3S2. The zero-order chi connectivity index (χ0) is 26.3. The Kier molecular flexibility index (Phi) is 5.64. The molecule has 2 bridgehead atoms. The minimum atomic E-state index is -0.273. The van der Waals surface area contributed by atoms with E-state index in [2.05, 4.69) is 48.0 Å². The van der Waals surface area contributed by atoms with Crippen LogP contribution in [0.4, 0.5) is 11.4 Å². The molecular weight excluding hydrogens is 514 g/mol. The van der Waals surface area contributed by atoms with E-state index in [1.807, 2.05) is 31.2 Å². The first-order chi connectivity index (χ1) is 18.4. The van der Waals surface area contributed by atoms with E-state index in [9.17, 15) is 14.4 Å². The van der Waals surface area contributed by atoms with Crippen molar-refractivity contribution in [3.8, 4) is 0 Å². The molecule has 1 saturated heterocycles. The Balaban J connectivity index is 1.28. The maximum absolute atomic E-state index is 13.9. The molecule has 7 atom stereocenters. The number of aromatic amines is 1. The molecule has 2 saturated carbocycles. The van der Waals surface area contributed by atoms with Crippen LogP contribution in [0.25, 0.3) is 0 Å². The van der Waals surface area contributed by atoms with Crippen LogP contribution in [0.5, 0.6) is 0 Å². The molecule has 2 amide bonds. The first-order valence-electron chi connectivity index (χ1n) is 13.6. The summed E-state index contributed by atoms with van der Waals surface area (Å²) in [7, 11) is 0. The molecule has 2 aromatic carbocycles. The van der Waals surface area contributed by atoms with E-state index in [0.29, 0.717) is 5.69 Å². The number of nitrogens with zero attached hydrogens (tertiary/aromatic N) is 2. The van der Waals surface area contributed by atoms with Gasteiger partial charge in [0.05, 0.1) is 22.5 Å². The van der Waals surface area contributed by atoms with Gasteiger partial charge in [0, 0.05) is 34.8 Å². The number of benzene rings is 2. The number of H-pyrrole nitrogens is 1. The van der Waals surface area contributed by atoms with Crippen molar-refractivity contribution in [2.24, 2.45) is 29.6 Å². The molecule has 4 aliphatic rings. The van der Waals surface area contributed by atoms with Crippen LogP contribution in [0.2, 0.25) is 0 Å². The van der Waals surface area contributed by atoms with Crippen molar-refractivity contribution < 1.29 is 9.59 Å². The molecule has 1 N–H and O–H groups in total. The summed E-state index contributed by atoms with van der Waals surface area (Å²) in [4.78, 5) is 48.1. The number of aryl methyl sites for hydroxylation is 1. The molecule has 6 unspecified atom stereocenters. The highest BCUT2D eigenvalue weighted by Gasteiger charge is 2.69. The first kappa shape index (κ1) is 24.2. The van der Waals surface area contributed by atoms with Gasteiger partial charge in [0.15, 0.2) is 0 Å². The highest BCUT2D eigenvalue weighted by Crippen LogP contribution is 2.68. The van der Waals surface area contributed by atoms with E-state index >= 15 is 0 Å². The van der Waals surface area contributed by atoms with Crippen molar-refractivity contribution in [2.75, 3.05) is 22.9 Å². The number of imide groups is 1. The number of fused-ring (bicyclic) bond motifs is 9. The van der Waals surface area contributed by atoms with Gasteiger partial charge in [0.1, 0.15) is 0 Å². The minimum Gasteiger partial charge on any atom is -0.372 e. The van der Waals surface area contributed by atoms with E-state index in [1.54, 1.807) is 11.8 Å². The number of carbonyl (C=O) groups is 2. The summed E-state index contributed by atoms with van der Waals surface area (Å²) in [6.45, 7) is 8.23. The molecule has 2 aliphatic heterocycles. The van der Waals surface area contributed by atoms with E-state index in [-0.39, 0.29) is 57.4 Å². The second-order valence-electron chi connectivity index (χ2n) is 11.1. The Morgan fingerprint density at radius 1 is 0.921 bits per heavy atom. The van der Waals surface area contributed by atoms with Gasteiger partial charge < -0.3 is 9.88 Å². The summed E-state index contributed by atoms with van der Waals surface area (Å²) in [5.74, 6) is -0.0698.